The van der Waals surface area contributed by atoms with Gasteiger partial charge in [-0.25, -0.2) is 0 Å². The van der Waals surface area contributed by atoms with Crippen LogP contribution >= 0.6 is 0 Å². The first-order chi connectivity index (χ1) is 14.7. The van der Waals surface area contributed by atoms with E-state index in [1.807, 2.05) is 66.7 Å². The summed E-state index contributed by atoms with van der Waals surface area (Å²) in [4.78, 5) is 14.9. The van der Waals surface area contributed by atoms with Crippen LogP contribution in [0.4, 0.5) is 0 Å². The number of hydrogen-bond acceptors (Lipinski definition) is 3. The second-order valence-corrected chi connectivity index (χ2v) is 7.41. The highest BCUT2D eigenvalue weighted by Gasteiger charge is 2.32. The quantitative estimate of drug-likeness (QED) is 0.377. The lowest BCUT2D eigenvalue weighted by atomic mass is 9.87. The fraction of sp³-hybridized carbons (Fsp3) is 0.0800. The molecule has 1 aliphatic carbocycles. The standard InChI is InChI=1S/C25H17N3O2/c26-14-16-10-11-23-21(12-16)24-22(15-28(29)30)19-9-5-4-8-18(19)13-20(25(24)27-23)17-6-2-1-3-7-17/h1-13,22,27H,15H2. The summed E-state index contributed by atoms with van der Waals surface area (Å²) in [7, 11) is 0. The minimum absolute atomic E-state index is 0.219. The Kier molecular flexibility index (Phi) is 4.19. The topological polar surface area (TPSA) is 82.7 Å². The lowest BCUT2D eigenvalue weighted by Crippen LogP contribution is -2.15. The van der Waals surface area contributed by atoms with Gasteiger partial charge in [-0.05, 0) is 46.5 Å². The molecule has 5 rings (SSSR count). The molecule has 0 saturated heterocycles. The van der Waals surface area contributed by atoms with Gasteiger partial charge in [-0.15, -0.1) is 0 Å². The molecule has 0 fully saturated rings. The van der Waals surface area contributed by atoms with Gasteiger partial charge in [0.2, 0.25) is 6.54 Å². The molecule has 0 bridgehead atoms. The van der Waals surface area contributed by atoms with Gasteiger partial charge in [-0.1, -0.05) is 54.6 Å². The molecule has 0 aliphatic heterocycles. The van der Waals surface area contributed by atoms with Crippen LogP contribution in [0.15, 0.2) is 72.8 Å². The molecule has 0 amide bonds. The lowest BCUT2D eigenvalue weighted by Gasteiger charge is -2.15. The normalized spacial score (nSPS) is 14.9. The van der Waals surface area contributed by atoms with Crippen molar-refractivity contribution in [3.63, 3.8) is 0 Å². The molecule has 1 aliphatic rings. The summed E-state index contributed by atoms with van der Waals surface area (Å²) < 4.78 is 0. The third kappa shape index (κ3) is 2.87. The van der Waals surface area contributed by atoms with Gasteiger partial charge in [0.1, 0.15) is 0 Å². The maximum atomic E-state index is 11.7. The number of nitrogens with zero attached hydrogens (tertiary/aromatic N) is 2. The second kappa shape index (κ2) is 7.02. The van der Waals surface area contributed by atoms with Gasteiger partial charge in [0.15, 0.2) is 0 Å². The van der Waals surface area contributed by atoms with E-state index >= 15 is 0 Å². The molecule has 30 heavy (non-hydrogen) atoms. The molecular formula is C25H17N3O2. The minimum Gasteiger partial charge on any atom is -0.354 e. The minimum atomic E-state index is -0.425. The highest BCUT2D eigenvalue weighted by atomic mass is 16.6. The molecule has 5 nitrogen and oxygen atoms in total. The van der Waals surface area contributed by atoms with Crippen molar-refractivity contribution < 1.29 is 4.92 Å². The van der Waals surface area contributed by atoms with E-state index in [-0.39, 0.29) is 11.5 Å². The van der Waals surface area contributed by atoms with Crippen LogP contribution in [-0.4, -0.2) is 16.5 Å². The SMILES string of the molecule is N#Cc1ccc2[nH]c3c(c2c1)C(C[N+](=O)[O-])c1ccccc1C=C3c1ccccc1. The van der Waals surface area contributed by atoms with Crippen LogP contribution in [0, 0.1) is 21.4 Å². The van der Waals surface area contributed by atoms with Gasteiger partial charge in [0, 0.05) is 21.4 Å². The molecule has 1 atom stereocenters. The molecule has 5 heteroatoms. The largest absolute Gasteiger partial charge is 0.354 e. The van der Waals surface area contributed by atoms with E-state index in [9.17, 15) is 15.4 Å². The third-order valence-electron chi connectivity index (χ3n) is 5.67. The van der Waals surface area contributed by atoms with E-state index in [4.69, 9.17) is 0 Å². The van der Waals surface area contributed by atoms with Crippen molar-refractivity contribution in [2.24, 2.45) is 0 Å². The van der Waals surface area contributed by atoms with E-state index in [0.29, 0.717) is 5.56 Å². The number of nitrogens with one attached hydrogen (secondary N) is 1. The Morgan fingerprint density at radius 2 is 1.80 bits per heavy atom. The smallest absolute Gasteiger partial charge is 0.214 e. The van der Waals surface area contributed by atoms with Gasteiger partial charge >= 0.3 is 0 Å². The van der Waals surface area contributed by atoms with Crippen LogP contribution in [-0.2, 0) is 0 Å². The van der Waals surface area contributed by atoms with E-state index in [1.165, 1.54) is 0 Å². The molecule has 144 valence electrons. The van der Waals surface area contributed by atoms with Crippen molar-refractivity contribution in [3.8, 4) is 6.07 Å². The monoisotopic (exact) mass is 391 g/mol. The predicted octanol–water partition coefficient (Wildman–Crippen LogP) is 5.35. The molecule has 3 aromatic carbocycles. The zero-order chi connectivity index (χ0) is 20.7. The molecule has 0 spiro atoms. The number of fused-ring (bicyclic) bond motifs is 4. The van der Waals surface area contributed by atoms with E-state index in [2.05, 4.69) is 17.1 Å². The summed E-state index contributed by atoms with van der Waals surface area (Å²) in [6.07, 6.45) is 2.10. The highest BCUT2D eigenvalue weighted by Crippen LogP contribution is 2.43. The van der Waals surface area contributed by atoms with Gasteiger partial charge < -0.3 is 4.98 Å². The third-order valence-corrected chi connectivity index (χ3v) is 5.67. The summed E-state index contributed by atoms with van der Waals surface area (Å²) in [5.41, 5.74) is 7.05. The van der Waals surface area contributed by atoms with Crippen LogP contribution < -0.4 is 0 Å². The zero-order valence-corrected chi connectivity index (χ0v) is 16.0. The van der Waals surface area contributed by atoms with Crippen molar-refractivity contribution in [3.05, 3.63) is 116 Å². The Balaban J connectivity index is 1.90. The first-order valence-electron chi connectivity index (χ1n) is 9.69. The number of hydrogen-bond donors (Lipinski definition) is 1. The number of nitriles is 1. The molecular weight excluding hydrogens is 374 g/mol. The van der Waals surface area contributed by atoms with Crippen LogP contribution in [0.3, 0.4) is 0 Å². The van der Waals surface area contributed by atoms with Gasteiger partial charge in [-0.2, -0.15) is 5.26 Å². The fourth-order valence-electron chi connectivity index (χ4n) is 4.38. The summed E-state index contributed by atoms with van der Waals surface area (Å²) in [6, 6.07) is 25.5. The fourth-order valence-corrected chi connectivity index (χ4v) is 4.38. The lowest BCUT2D eigenvalue weighted by molar-refractivity contribution is -0.481. The Bertz CT molecular complexity index is 1360. The number of H-pyrrole nitrogens is 1. The number of benzene rings is 3. The zero-order valence-electron chi connectivity index (χ0n) is 16.0. The van der Waals surface area contributed by atoms with E-state index in [0.717, 1.165) is 44.4 Å². The molecule has 1 heterocycles. The van der Waals surface area contributed by atoms with Crippen molar-refractivity contribution in [2.45, 2.75) is 5.92 Å². The number of rotatable bonds is 3. The maximum Gasteiger partial charge on any atom is 0.214 e. The van der Waals surface area contributed by atoms with E-state index in [1.54, 1.807) is 6.07 Å². The van der Waals surface area contributed by atoms with Crippen molar-refractivity contribution in [1.29, 1.82) is 5.26 Å². The number of nitro groups is 1. The van der Waals surface area contributed by atoms with Crippen molar-refractivity contribution in [2.75, 3.05) is 6.54 Å². The van der Waals surface area contributed by atoms with Gasteiger partial charge in [-0.3, -0.25) is 10.1 Å². The Hall–Kier alpha value is -4.17. The number of aromatic nitrogens is 1. The number of aromatic amines is 1. The summed E-state index contributed by atoms with van der Waals surface area (Å²) in [6.45, 7) is -0.219. The Morgan fingerprint density at radius 1 is 1.03 bits per heavy atom. The Labute approximate surface area is 173 Å². The Morgan fingerprint density at radius 3 is 2.57 bits per heavy atom. The average Bonchev–Trinajstić information content (AvgIpc) is 3.08. The molecule has 1 N–H and O–H groups in total. The predicted molar refractivity (Wildman–Crippen MR) is 117 cm³/mol. The van der Waals surface area contributed by atoms with Gasteiger partial charge in [0.25, 0.3) is 0 Å². The first-order valence-corrected chi connectivity index (χ1v) is 9.69. The molecule has 1 aromatic heterocycles. The molecule has 0 saturated carbocycles. The van der Waals surface area contributed by atoms with Crippen molar-refractivity contribution >= 4 is 22.6 Å². The highest BCUT2D eigenvalue weighted by molar-refractivity contribution is 6.00. The molecule has 0 radical (unpaired) electrons. The second-order valence-electron chi connectivity index (χ2n) is 7.41. The molecule has 4 aromatic rings. The average molecular weight is 391 g/mol. The van der Waals surface area contributed by atoms with E-state index < -0.39 is 5.92 Å². The van der Waals surface area contributed by atoms with Crippen LogP contribution in [0.5, 0.6) is 0 Å². The van der Waals surface area contributed by atoms with Crippen molar-refractivity contribution in [1.82, 2.24) is 4.98 Å². The summed E-state index contributed by atoms with van der Waals surface area (Å²) in [5, 5.41) is 21.9. The summed E-state index contributed by atoms with van der Waals surface area (Å²) in [5.74, 6) is -0.425. The molecule has 1 unspecified atom stereocenters. The van der Waals surface area contributed by atoms with Crippen LogP contribution in [0.2, 0.25) is 0 Å². The first kappa shape index (κ1) is 17.9. The van der Waals surface area contributed by atoms with Gasteiger partial charge in [0.05, 0.1) is 23.2 Å². The summed E-state index contributed by atoms with van der Waals surface area (Å²) >= 11 is 0. The van der Waals surface area contributed by atoms with Crippen LogP contribution in [0.1, 0.15) is 39.4 Å². The maximum absolute atomic E-state index is 11.7. The van der Waals surface area contributed by atoms with Crippen LogP contribution in [0.25, 0.3) is 22.6 Å².